The molecule has 2 aromatic heterocycles. The normalized spacial score (nSPS) is 15.2. The maximum absolute atomic E-state index is 14.2. The van der Waals surface area contributed by atoms with Crippen LogP contribution in [0.2, 0.25) is 0 Å². The van der Waals surface area contributed by atoms with E-state index < -0.39 is 38.3 Å². The predicted molar refractivity (Wildman–Crippen MR) is 133 cm³/mol. The number of piperidine rings is 1. The number of fused-ring (bicyclic) bond motifs is 1. The second-order valence-electron chi connectivity index (χ2n) is 8.65. The van der Waals surface area contributed by atoms with Crippen LogP contribution >= 0.6 is 11.3 Å². The average molecular weight is 547 g/mol. The molecular formula is C25H21F3N4O3S2. The minimum atomic E-state index is -4.19. The van der Waals surface area contributed by atoms with Crippen molar-refractivity contribution in [1.29, 1.82) is 0 Å². The molecule has 7 nitrogen and oxygen atoms in total. The van der Waals surface area contributed by atoms with Crippen molar-refractivity contribution in [2.45, 2.75) is 24.3 Å². The highest BCUT2D eigenvalue weighted by Gasteiger charge is 2.36. The summed E-state index contributed by atoms with van der Waals surface area (Å²) in [6.45, 7) is 0.191. The van der Waals surface area contributed by atoms with Crippen molar-refractivity contribution >= 4 is 42.6 Å². The highest BCUT2D eigenvalue weighted by atomic mass is 32.2. The fourth-order valence-electron chi connectivity index (χ4n) is 4.30. The number of amides is 1. The van der Waals surface area contributed by atoms with Crippen LogP contribution in [0.25, 0.3) is 10.2 Å². The van der Waals surface area contributed by atoms with E-state index in [1.165, 1.54) is 28.4 Å². The first-order chi connectivity index (χ1) is 17.7. The number of carbonyl (C=O) groups excluding carboxylic acids is 1. The zero-order valence-corrected chi connectivity index (χ0v) is 21.0. The number of pyridine rings is 1. The lowest BCUT2D eigenvalue weighted by Crippen LogP contribution is -2.44. The van der Waals surface area contributed by atoms with Crippen LogP contribution in [0.15, 0.2) is 65.8 Å². The molecule has 192 valence electrons. The summed E-state index contributed by atoms with van der Waals surface area (Å²) >= 11 is 1.19. The van der Waals surface area contributed by atoms with Gasteiger partial charge in [0.1, 0.15) is 22.3 Å². The first kappa shape index (κ1) is 25.3. The number of hydrogen-bond donors (Lipinski definition) is 0. The summed E-state index contributed by atoms with van der Waals surface area (Å²) in [7, 11) is -4.19. The van der Waals surface area contributed by atoms with E-state index in [0.717, 1.165) is 22.0 Å². The van der Waals surface area contributed by atoms with E-state index >= 15 is 0 Å². The molecule has 3 heterocycles. The highest BCUT2D eigenvalue weighted by Crippen LogP contribution is 2.33. The molecule has 0 atom stereocenters. The molecule has 4 aromatic rings. The summed E-state index contributed by atoms with van der Waals surface area (Å²) < 4.78 is 68.8. The summed E-state index contributed by atoms with van der Waals surface area (Å²) in [6, 6.07) is 10.1. The van der Waals surface area contributed by atoms with E-state index in [4.69, 9.17) is 0 Å². The number of hydrogen-bond acceptors (Lipinski definition) is 6. The molecule has 37 heavy (non-hydrogen) atoms. The van der Waals surface area contributed by atoms with Crippen molar-refractivity contribution in [3.8, 4) is 0 Å². The van der Waals surface area contributed by atoms with E-state index in [9.17, 15) is 26.4 Å². The van der Waals surface area contributed by atoms with Crippen LogP contribution in [-0.2, 0) is 21.4 Å². The summed E-state index contributed by atoms with van der Waals surface area (Å²) in [5.41, 5.74) is 1.33. The van der Waals surface area contributed by atoms with E-state index in [0.29, 0.717) is 21.4 Å². The van der Waals surface area contributed by atoms with E-state index in [-0.39, 0.29) is 38.4 Å². The van der Waals surface area contributed by atoms with Gasteiger partial charge in [-0.1, -0.05) is 17.4 Å². The fraction of sp³-hybridized carbons (Fsp3) is 0.240. The molecule has 2 aromatic carbocycles. The number of rotatable bonds is 6. The number of aromatic nitrogens is 2. The first-order valence-electron chi connectivity index (χ1n) is 11.4. The SMILES string of the molecule is O=C(C1CCN(S(=O)(=O)c2ccc(F)cc2F)CC1)N(Cc1cccnc1)c1nc2ccc(F)cc2s1. The first-order valence-corrected chi connectivity index (χ1v) is 13.7. The lowest BCUT2D eigenvalue weighted by atomic mass is 9.96. The standard InChI is InChI=1S/C25H21F3N4O3S2/c26-18-4-6-23(20(28)12-18)37(34,35)31-10-7-17(8-11-31)24(33)32(15-16-2-1-9-29-14-16)25-30-21-5-3-19(27)13-22(21)36-25/h1-6,9,12-14,17H,7-8,10-11,15H2. The molecular weight excluding hydrogens is 525 g/mol. The van der Waals surface area contributed by atoms with Gasteiger partial charge in [-0.3, -0.25) is 14.7 Å². The van der Waals surface area contributed by atoms with Gasteiger partial charge in [0.05, 0.1) is 16.8 Å². The van der Waals surface area contributed by atoms with Crippen LogP contribution in [0.1, 0.15) is 18.4 Å². The monoisotopic (exact) mass is 546 g/mol. The van der Waals surface area contributed by atoms with Crippen molar-refractivity contribution in [3.05, 3.63) is 83.9 Å². The Hall–Kier alpha value is -3.35. The molecule has 1 saturated heterocycles. The zero-order chi connectivity index (χ0) is 26.2. The van der Waals surface area contributed by atoms with Crippen molar-refractivity contribution in [2.75, 3.05) is 18.0 Å². The van der Waals surface area contributed by atoms with E-state index in [1.54, 1.807) is 24.5 Å². The number of benzene rings is 2. The Morgan fingerprint density at radius 2 is 1.78 bits per heavy atom. The van der Waals surface area contributed by atoms with Crippen molar-refractivity contribution in [1.82, 2.24) is 14.3 Å². The third-order valence-corrected chi connectivity index (χ3v) is 9.19. The van der Waals surface area contributed by atoms with Gasteiger partial charge >= 0.3 is 0 Å². The lowest BCUT2D eigenvalue weighted by molar-refractivity contribution is -0.123. The van der Waals surface area contributed by atoms with Crippen LogP contribution in [0.4, 0.5) is 18.3 Å². The van der Waals surface area contributed by atoms with Gasteiger partial charge in [-0.05, 0) is 54.8 Å². The van der Waals surface area contributed by atoms with Crippen LogP contribution in [0, 0.1) is 23.4 Å². The quantitative estimate of drug-likeness (QED) is 0.349. The van der Waals surface area contributed by atoms with Crippen molar-refractivity contribution in [2.24, 2.45) is 5.92 Å². The smallest absolute Gasteiger partial charge is 0.245 e. The van der Waals surface area contributed by atoms with Gasteiger partial charge in [0.25, 0.3) is 0 Å². The van der Waals surface area contributed by atoms with Crippen molar-refractivity contribution < 1.29 is 26.4 Å². The largest absolute Gasteiger partial charge is 0.283 e. The average Bonchev–Trinajstić information content (AvgIpc) is 3.30. The van der Waals surface area contributed by atoms with E-state index in [2.05, 4.69) is 9.97 Å². The maximum atomic E-state index is 14.2. The molecule has 5 rings (SSSR count). The molecule has 0 unspecified atom stereocenters. The predicted octanol–water partition coefficient (Wildman–Crippen LogP) is 4.74. The number of carbonyl (C=O) groups is 1. The molecule has 1 aliphatic heterocycles. The minimum absolute atomic E-state index is 0.00133. The summed E-state index contributed by atoms with van der Waals surface area (Å²) in [5.74, 6) is -3.18. The van der Waals surface area contributed by atoms with Gasteiger partial charge in [0, 0.05) is 37.5 Å². The molecule has 1 amide bonds. The lowest BCUT2D eigenvalue weighted by Gasteiger charge is -2.33. The van der Waals surface area contributed by atoms with E-state index in [1.807, 2.05) is 6.07 Å². The molecule has 0 spiro atoms. The summed E-state index contributed by atoms with van der Waals surface area (Å²) in [6.07, 6.45) is 3.68. The molecule has 0 N–H and O–H groups in total. The Bertz CT molecular complexity index is 1560. The molecule has 0 saturated carbocycles. The van der Waals surface area contributed by atoms with Gasteiger partial charge < -0.3 is 0 Å². The Labute approximate surface area is 215 Å². The Morgan fingerprint density at radius 1 is 1.05 bits per heavy atom. The van der Waals surface area contributed by atoms with Gasteiger partial charge in [-0.15, -0.1) is 0 Å². The molecule has 1 fully saturated rings. The third-order valence-electron chi connectivity index (χ3n) is 6.21. The number of nitrogens with zero attached hydrogens (tertiary/aromatic N) is 4. The number of halogens is 3. The number of thiazole rings is 1. The van der Waals surface area contributed by atoms with Crippen molar-refractivity contribution in [3.63, 3.8) is 0 Å². The second kappa shape index (κ2) is 10.2. The molecule has 12 heteroatoms. The van der Waals surface area contributed by atoms with Crippen LogP contribution in [0.5, 0.6) is 0 Å². The van der Waals surface area contributed by atoms with Gasteiger partial charge in [-0.25, -0.2) is 26.6 Å². The maximum Gasteiger partial charge on any atom is 0.245 e. The Morgan fingerprint density at radius 3 is 2.49 bits per heavy atom. The highest BCUT2D eigenvalue weighted by molar-refractivity contribution is 7.89. The molecule has 0 bridgehead atoms. The minimum Gasteiger partial charge on any atom is -0.283 e. The topological polar surface area (TPSA) is 83.5 Å². The van der Waals surface area contributed by atoms with Crippen LogP contribution < -0.4 is 4.90 Å². The molecule has 0 aliphatic carbocycles. The van der Waals surface area contributed by atoms with Gasteiger partial charge in [0.2, 0.25) is 15.9 Å². The third kappa shape index (κ3) is 5.22. The zero-order valence-electron chi connectivity index (χ0n) is 19.4. The van der Waals surface area contributed by atoms with Gasteiger partial charge in [-0.2, -0.15) is 4.31 Å². The Kier molecular flexibility index (Phi) is 6.97. The second-order valence-corrected chi connectivity index (χ2v) is 11.6. The Balaban J connectivity index is 1.37. The summed E-state index contributed by atoms with van der Waals surface area (Å²) in [4.78, 5) is 23.3. The molecule has 1 aliphatic rings. The molecule has 0 radical (unpaired) electrons. The van der Waals surface area contributed by atoms with Crippen LogP contribution in [-0.4, -0.2) is 41.7 Å². The van der Waals surface area contributed by atoms with Gasteiger partial charge in [0.15, 0.2) is 5.13 Å². The number of anilines is 1. The van der Waals surface area contributed by atoms with Crippen LogP contribution in [0.3, 0.4) is 0 Å². The number of sulfonamides is 1. The fourth-order valence-corrected chi connectivity index (χ4v) is 6.81. The summed E-state index contributed by atoms with van der Waals surface area (Å²) in [5, 5.41) is 0.401.